The highest BCUT2D eigenvalue weighted by Crippen LogP contribution is 2.31. The van der Waals surface area contributed by atoms with Crippen LogP contribution in [0.1, 0.15) is 0 Å². The summed E-state index contributed by atoms with van der Waals surface area (Å²) in [6, 6.07) is 11.5. The Morgan fingerprint density at radius 3 is 2.62 bits per heavy atom. The highest BCUT2D eigenvalue weighted by Gasteiger charge is 2.14. The lowest BCUT2D eigenvalue weighted by Crippen LogP contribution is -1.83. The van der Waals surface area contributed by atoms with E-state index in [-0.39, 0.29) is 5.82 Å². The van der Waals surface area contributed by atoms with Crippen LogP contribution in [0.3, 0.4) is 0 Å². The van der Waals surface area contributed by atoms with Crippen LogP contribution in [0.5, 0.6) is 0 Å². The highest BCUT2D eigenvalue weighted by molar-refractivity contribution is 7.98. The molecule has 0 aliphatic rings. The van der Waals surface area contributed by atoms with Crippen LogP contribution in [0.15, 0.2) is 51.9 Å². The van der Waals surface area contributed by atoms with E-state index in [1.807, 2.05) is 18.4 Å². The Morgan fingerprint density at radius 2 is 1.90 bits per heavy atom. The van der Waals surface area contributed by atoms with E-state index in [0.717, 1.165) is 4.90 Å². The Balaban J connectivity index is 2.00. The first-order valence-corrected chi connectivity index (χ1v) is 7.71. The van der Waals surface area contributed by atoms with Gasteiger partial charge in [0.15, 0.2) is 0 Å². The number of benzene rings is 2. The van der Waals surface area contributed by atoms with Crippen LogP contribution >= 0.6 is 23.4 Å². The largest absolute Gasteiger partial charge is 0.334 e. The van der Waals surface area contributed by atoms with Crippen molar-refractivity contribution < 1.29 is 8.91 Å². The van der Waals surface area contributed by atoms with Gasteiger partial charge in [-0.1, -0.05) is 16.8 Å². The third kappa shape index (κ3) is 2.94. The average molecular weight is 321 g/mol. The van der Waals surface area contributed by atoms with Crippen molar-refractivity contribution in [2.24, 2.45) is 0 Å². The Morgan fingerprint density at radius 1 is 1.14 bits per heavy atom. The monoisotopic (exact) mass is 320 g/mol. The van der Waals surface area contributed by atoms with E-state index < -0.39 is 0 Å². The molecule has 0 aliphatic carbocycles. The molecule has 1 heterocycles. The second kappa shape index (κ2) is 5.87. The van der Waals surface area contributed by atoms with Crippen LogP contribution in [0.2, 0.25) is 5.02 Å². The van der Waals surface area contributed by atoms with Crippen LogP contribution in [0, 0.1) is 5.82 Å². The van der Waals surface area contributed by atoms with Crippen molar-refractivity contribution in [3.63, 3.8) is 0 Å². The van der Waals surface area contributed by atoms with Gasteiger partial charge in [0.2, 0.25) is 5.82 Å². The third-order valence-electron chi connectivity index (χ3n) is 2.93. The van der Waals surface area contributed by atoms with Gasteiger partial charge >= 0.3 is 0 Å². The third-order valence-corrected chi connectivity index (χ3v) is 3.99. The van der Waals surface area contributed by atoms with E-state index in [9.17, 15) is 4.39 Å². The number of thioether (sulfide) groups is 1. The molecule has 0 bridgehead atoms. The van der Waals surface area contributed by atoms with Crippen LogP contribution in [0.4, 0.5) is 4.39 Å². The van der Waals surface area contributed by atoms with E-state index in [0.29, 0.717) is 27.9 Å². The second-order valence-electron chi connectivity index (χ2n) is 4.28. The molecular weight excluding hydrogens is 311 g/mol. The Bertz CT molecular complexity index is 774. The van der Waals surface area contributed by atoms with Gasteiger partial charge in [-0.3, -0.25) is 0 Å². The molecule has 0 N–H and O–H groups in total. The summed E-state index contributed by atoms with van der Waals surface area (Å²) in [6.07, 6.45) is 1.98. The maximum absolute atomic E-state index is 12.9. The topological polar surface area (TPSA) is 38.9 Å². The SMILES string of the molecule is CSc1ccc(Cl)c(-c2nc(-c3ccc(F)cc3)no2)c1. The molecule has 3 aromatic rings. The summed E-state index contributed by atoms with van der Waals surface area (Å²) >= 11 is 7.78. The summed E-state index contributed by atoms with van der Waals surface area (Å²) in [5.74, 6) is 0.434. The van der Waals surface area contributed by atoms with Crippen LogP contribution < -0.4 is 0 Å². The molecule has 1 aromatic heterocycles. The molecule has 0 saturated carbocycles. The molecule has 0 radical (unpaired) electrons. The molecule has 106 valence electrons. The van der Waals surface area contributed by atoms with Crippen molar-refractivity contribution in [1.82, 2.24) is 10.1 Å². The predicted octanol–water partition coefficient (Wildman–Crippen LogP) is 4.92. The maximum Gasteiger partial charge on any atom is 0.259 e. The zero-order valence-corrected chi connectivity index (χ0v) is 12.6. The van der Waals surface area contributed by atoms with Gasteiger partial charge in [0.1, 0.15) is 5.82 Å². The van der Waals surface area contributed by atoms with Crippen molar-refractivity contribution >= 4 is 23.4 Å². The lowest BCUT2D eigenvalue weighted by molar-refractivity contribution is 0.432. The molecule has 0 fully saturated rings. The number of hydrogen-bond donors (Lipinski definition) is 0. The van der Waals surface area contributed by atoms with Crippen molar-refractivity contribution in [2.75, 3.05) is 6.26 Å². The minimum atomic E-state index is -0.307. The lowest BCUT2D eigenvalue weighted by atomic mass is 10.2. The summed E-state index contributed by atoms with van der Waals surface area (Å²) in [5.41, 5.74) is 1.37. The van der Waals surface area contributed by atoms with Crippen LogP contribution in [0.25, 0.3) is 22.8 Å². The van der Waals surface area contributed by atoms with Gasteiger partial charge < -0.3 is 4.52 Å². The summed E-state index contributed by atoms with van der Waals surface area (Å²) in [5, 5.41) is 4.46. The Kier molecular flexibility index (Phi) is 3.94. The number of rotatable bonds is 3. The quantitative estimate of drug-likeness (QED) is 0.642. The zero-order chi connectivity index (χ0) is 14.8. The van der Waals surface area contributed by atoms with Crippen LogP contribution in [-0.2, 0) is 0 Å². The Labute approximate surface area is 130 Å². The number of halogens is 2. The maximum atomic E-state index is 12.9. The van der Waals surface area contributed by atoms with Gasteiger partial charge in [-0.05, 0) is 48.7 Å². The van der Waals surface area contributed by atoms with Gasteiger partial charge in [-0.25, -0.2) is 4.39 Å². The summed E-state index contributed by atoms with van der Waals surface area (Å²) in [6.45, 7) is 0. The minimum Gasteiger partial charge on any atom is -0.334 e. The molecular formula is C15H10ClFN2OS. The number of hydrogen-bond acceptors (Lipinski definition) is 4. The van der Waals surface area contributed by atoms with E-state index >= 15 is 0 Å². The summed E-state index contributed by atoms with van der Waals surface area (Å²) in [4.78, 5) is 5.37. The normalized spacial score (nSPS) is 10.8. The van der Waals surface area contributed by atoms with Crippen molar-refractivity contribution in [1.29, 1.82) is 0 Å². The minimum absolute atomic E-state index is 0.307. The van der Waals surface area contributed by atoms with E-state index in [4.69, 9.17) is 16.1 Å². The number of nitrogens with zero attached hydrogens (tertiary/aromatic N) is 2. The molecule has 21 heavy (non-hydrogen) atoms. The smallest absolute Gasteiger partial charge is 0.259 e. The molecule has 2 aromatic carbocycles. The lowest BCUT2D eigenvalue weighted by Gasteiger charge is -2.01. The highest BCUT2D eigenvalue weighted by atomic mass is 35.5. The first kappa shape index (κ1) is 14.1. The molecule has 0 saturated heterocycles. The average Bonchev–Trinajstić information content (AvgIpc) is 2.98. The van der Waals surface area contributed by atoms with E-state index in [2.05, 4.69) is 10.1 Å². The van der Waals surface area contributed by atoms with Gasteiger partial charge in [-0.15, -0.1) is 11.8 Å². The molecule has 3 nitrogen and oxygen atoms in total. The fraction of sp³-hybridized carbons (Fsp3) is 0.0667. The van der Waals surface area contributed by atoms with Crippen molar-refractivity contribution in [2.45, 2.75) is 4.90 Å². The molecule has 0 spiro atoms. The van der Waals surface area contributed by atoms with Crippen LogP contribution in [-0.4, -0.2) is 16.4 Å². The summed E-state index contributed by atoms with van der Waals surface area (Å²) in [7, 11) is 0. The van der Waals surface area contributed by atoms with Gasteiger partial charge in [0.25, 0.3) is 5.89 Å². The molecule has 6 heteroatoms. The fourth-order valence-electron chi connectivity index (χ4n) is 1.84. The molecule has 0 amide bonds. The zero-order valence-electron chi connectivity index (χ0n) is 11.0. The fourth-order valence-corrected chi connectivity index (χ4v) is 2.48. The van der Waals surface area contributed by atoms with Gasteiger partial charge in [-0.2, -0.15) is 4.98 Å². The van der Waals surface area contributed by atoms with E-state index in [1.165, 1.54) is 12.1 Å². The summed E-state index contributed by atoms with van der Waals surface area (Å²) < 4.78 is 18.2. The second-order valence-corrected chi connectivity index (χ2v) is 5.56. The first-order chi connectivity index (χ1) is 10.2. The molecule has 3 rings (SSSR count). The van der Waals surface area contributed by atoms with Gasteiger partial charge in [0.05, 0.1) is 10.6 Å². The van der Waals surface area contributed by atoms with E-state index in [1.54, 1.807) is 30.0 Å². The van der Waals surface area contributed by atoms with Crippen molar-refractivity contribution in [3.05, 3.63) is 53.3 Å². The Hall–Kier alpha value is -1.85. The van der Waals surface area contributed by atoms with Gasteiger partial charge in [0, 0.05) is 10.5 Å². The molecule has 0 atom stereocenters. The first-order valence-electron chi connectivity index (χ1n) is 6.11. The standard InChI is InChI=1S/C15H10ClFN2OS/c1-21-11-6-7-13(16)12(8-11)15-18-14(19-20-15)9-2-4-10(17)5-3-9/h2-8H,1H3. The predicted molar refractivity (Wildman–Crippen MR) is 81.9 cm³/mol. The van der Waals surface area contributed by atoms with Crippen molar-refractivity contribution in [3.8, 4) is 22.8 Å². The molecule has 0 aliphatic heterocycles. The number of aromatic nitrogens is 2. The molecule has 0 unspecified atom stereocenters.